The van der Waals surface area contributed by atoms with E-state index in [0.29, 0.717) is 6.54 Å². The fourth-order valence-electron chi connectivity index (χ4n) is 1.86. The number of hydrogen-bond donors (Lipinski definition) is 2. The zero-order valence-electron chi connectivity index (χ0n) is 10.9. The first-order chi connectivity index (χ1) is 8.10. The van der Waals surface area contributed by atoms with Gasteiger partial charge < -0.3 is 11.1 Å². The Morgan fingerprint density at radius 3 is 2.53 bits per heavy atom. The van der Waals surface area contributed by atoms with Crippen LogP contribution >= 0.6 is 0 Å². The zero-order chi connectivity index (χ0) is 12.8. The monoisotopic (exact) mass is 234 g/mol. The first-order valence-electron chi connectivity index (χ1n) is 6.19. The predicted octanol–water partition coefficient (Wildman–Crippen LogP) is 2.42. The fourth-order valence-corrected chi connectivity index (χ4v) is 1.86. The maximum atomic E-state index is 12.1. The lowest BCUT2D eigenvalue weighted by Crippen LogP contribution is -2.33. The number of anilines is 1. The van der Waals surface area contributed by atoms with Crippen LogP contribution in [0.15, 0.2) is 24.3 Å². The summed E-state index contributed by atoms with van der Waals surface area (Å²) in [5.74, 6) is 0.150. The van der Waals surface area contributed by atoms with Crippen molar-refractivity contribution in [1.29, 1.82) is 0 Å². The highest BCUT2D eigenvalue weighted by molar-refractivity contribution is 5.93. The third kappa shape index (κ3) is 3.56. The second-order valence-electron chi connectivity index (χ2n) is 4.59. The third-order valence-corrected chi connectivity index (χ3v) is 3.05. The Morgan fingerprint density at radius 1 is 1.35 bits per heavy atom. The van der Waals surface area contributed by atoms with E-state index in [4.69, 9.17) is 5.73 Å². The Bertz CT molecular complexity index is 374. The summed E-state index contributed by atoms with van der Waals surface area (Å²) in [6.07, 6.45) is 0.908. The van der Waals surface area contributed by atoms with Crippen molar-refractivity contribution in [1.82, 2.24) is 0 Å². The van der Waals surface area contributed by atoms with Gasteiger partial charge in [-0.25, -0.2) is 0 Å². The molecular weight excluding hydrogens is 212 g/mol. The molecule has 94 valence electrons. The highest BCUT2D eigenvalue weighted by Gasteiger charge is 2.20. The van der Waals surface area contributed by atoms with Crippen LogP contribution in [0, 0.1) is 11.8 Å². The number of nitrogens with one attached hydrogen (secondary N) is 1. The highest BCUT2D eigenvalue weighted by atomic mass is 16.1. The Hall–Kier alpha value is -1.35. The number of rotatable bonds is 5. The molecule has 1 rings (SSSR count). The van der Waals surface area contributed by atoms with Crippen molar-refractivity contribution in [2.24, 2.45) is 17.6 Å². The second-order valence-corrected chi connectivity index (χ2v) is 4.59. The third-order valence-electron chi connectivity index (χ3n) is 3.05. The molecule has 0 aliphatic carbocycles. The SMILES string of the molecule is CCc1ccccc1NC(=O)C(CN)C(C)C. The van der Waals surface area contributed by atoms with E-state index in [0.717, 1.165) is 17.7 Å². The minimum Gasteiger partial charge on any atom is -0.330 e. The molecule has 0 saturated carbocycles. The lowest BCUT2D eigenvalue weighted by atomic mass is 9.95. The van der Waals surface area contributed by atoms with Crippen molar-refractivity contribution < 1.29 is 4.79 Å². The quantitative estimate of drug-likeness (QED) is 0.822. The average molecular weight is 234 g/mol. The smallest absolute Gasteiger partial charge is 0.229 e. The van der Waals surface area contributed by atoms with Crippen LogP contribution in [-0.2, 0) is 11.2 Å². The van der Waals surface area contributed by atoms with E-state index >= 15 is 0 Å². The normalized spacial score (nSPS) is 12.5. The summed E-state index contributed by atoms with van der Waals surface area (Å²) >= 11 is 0. The van der Waals surface area contributed by atoms with E-state index in [2.05, 4.69) is 12.2 Å². The molecule has 0 radical (unpaired) electrons. The van der Waals surface area contributed by atoms with Crippen molar-refractivity contribution in [2.45, 2.75) is 27.2 Å². The van der Waals surface area contributed by atoms with Crippen molar-refractivity contribution in [3.8, 4) is 0 Å². The van der Waals surface area contributed by atoms with Crippen LogP contribution in [0.1, 0.15) is 26.3 Å². The van der Waals surface area contributed by atoms with E-state index in [1.807, 2.05) is 38.1 Å². The van der Waals surface area contributed by atoms with E-state index < -0.39 is 0 Å². The molecule has 0 aliphatic rings. The highest BCUT2D eigenvalue weighted by Crippen LogP contribution is 2.18. The number of aryl methyl sites for hydroxylation is 1. The van der Waals surface area contributed by atoms with Crippen molar-refractivity contribution >= 4 is 11.6 Å². The van der Waals surface area contributed by atoms with Gasteiger partial charge in [0.2, 0.25) is 5.91 Å². The van der Waals surface area contributed by atoms with Gasteiger partial charge in [-0.05, 0) is 24.0 Å². The number of hydrogen-bond acceptors (Lipinski definition) is 2. The second kappa shape index (κ2) is 6.40. The summed E-state index contributed by atoms with van der Waals surface area (Å²) in [5, 5.41) is 2.97. The van der Waals surface area contributed by atoms with Crippen molar-refractivity contribution in [3.63, 3.8) is 0 Å². The number of carbonyl (C=O) groups is 1. The lowest BCUT2D eigenvalue weighted by molar-refractivity contribution is -0.120. The maximum Gasteiger partial charge on any atom is 0.229 e. The summed E-state index contributed by atoms with van der Waals surface area (Å²) in [6.45, 7) is 6.50. The molecule has 0 spiro atoms. The molecule has 1 amide bonds. The molecule has 3 nitrogen and oxygen atoms in total. The van der Waals surface area contributed by atoms with Crippen LogP contribution in [0.2, 0.25) is 0 Å². The number of carbonyl (C=O) groups excluding carboxylic acids is 1. The van der Waals surface area contributed by atoms with Gasteiger partial charge >= 0.3 is 0 Å². The molecule has 0 bridgehead atoms. The molecule has 3 heteroatoms. The van der Waals surface area contributed by atoms with Gasteiger partial charge in [-0.1, -0.05) is 39.0 Å². The number of amides is 1. The largest absolute Gasteiger partial charge is 0.330 e. The molecule has 0 fully saturated rings. The van der Waals surface area contributed by atoms with Crippen LogP contribution in [0.5, 0.6) is 0 Å². The van der Waals surface area contributed by atoms with Crippen LogP contribution in [0.3, 0.4) is 0 Å². The Kier molecular flexibility index (Phi) is 5.16. The molecule has 0 saturated heterocycles. The lowest BCUT2D eigenvalue weighted by Gasteiger charge is -2.19. The molecule has 17 heavy (non-hydrogen) atoms. The first-order valence-corrected chi connectivity index (χ1v) is 6.19. The maximum absolute atomic E-state index is 12.1. The molecule has 0 aliphatic heterocycles. The zero-order valence-corrected chi connectivity index (χ0v) is 10.9. The van der Waals surface area contributed by atoms with Crippen LogP contribution in [0.4, 0.5) is 5.69 Å². The van der Waals surface area contributed by atoms with Gasteiger partial charge in [0.15, 0.2) is 0 Å². The standard InChI is InChI=1S/C14H22N2O/c1-4-11-7-5-6-8-13(11)16-14(17)12(9-15)10(2)3/h5-8,10,12H,4,9,15H2,1-3H3,(H,16,17). The molecule has 1 atom stereocenters. The van der Waals surface area contributed by atoms with E-state index in [9.17, 15) is 4.79 Å². The molecular formula is C14H22N2O. The Balaban J connectivity index is 2.80. The van der Waals surface area contributed by atoms with Gasteiger partial charge in [-0.15, -0.1) is 0 Å². The number of para-hydroxylation sites is 1. The van der Waals surface area contributed by atoms with Crippen molar-refractivity contribution in [2.75, 3.05) is 11.9 Å². The molecule has 3 N–H and O–H groups in total. The summed E-state index contributed by atoms with van der Waals surface area (Å²) in [5.41, 5.74) is 7.69. The first kappa shape index (κ1) is 13.7. The molecule has 1 aromatic rings. The van der Waals surface area contributed by atoms with Crippen LogP contribution in [0.25, 0.3) is 0 Å². The van der Waals surface area contributed by atoms with Gasteiger partial charge in [-0.2, -0.15) is 0 Å². The van der Waals surface area contributed by atoms with Gasteiger partial charge in [0, 0.05) is 12.2 Å². The minimum absolute atomic E-state index is 0.0170. The number of benzene rings is 1. The van der Waals surface area contributed by atoms with Gasteiger partial charge in [-0.3, -0.25) is 4.79 Å². The Labute approximate surface area is 103 Å². The minimum atomic E-state index is -0.125. The van der Waals surface area contributed by atoms with E-state index in [1.54, 1.807) is 0 Å². The van der Waals surface area contributed by atoms with Gasteiger partial charge in [0.25, 0.3) is 0 Å². The molecule has 1 unspecified atom stereocenters. The van der Waals surface area contributed by atoms with Crippen LogP contribution in [-0.4, -0.2) is 12.5 Å². The summed E-state index contributed by atoms with van der Waals surface area (Å²) < 4.78 is 0. The summed E-state index contributed by atoms with van der Waals surface area (Å²) in [7, 11) is 0. The number of nitrogens with two attached hydrogens (primary N) is 1. The summed E-state index contributed by atoms with van der Waals surface area (Å²) in [6, 6.07) is 7.88. The topological polar surface area (TPSA) is 55.1 Å². The van der Waals surface area contributed by atoms with Crippen molar-refractivity contribution in [3.05, 3.63) is 29.8 Å². The predicted molar refractivity (Wildman–Crippen MR) is 71.8 cm³/mol. The van der Waals surface area contributed by atoms with Gasteiger partial charge in [0.05, 0.1) is 5.92 Å². The molecule has 1 aromatic carbocycles. The van der Waals surface area contributed by atoms with Crippen LogP contribution < -0.4 is 11.1 Å². The average Bonchev–Trinajstić information content (AvgIpc) is 2.30. The molecule has 0 aromatic heterocycles. The van der Waals surface area contributed by atoms with Gasteiger partial charge in [0.1, 0.15) is 0 Å². The fraction of sp³-hybridized carbons (Fsp3) is 0.500. The Morgan fingerprint density at radius 2 is 2.00 bits per heavy atom. The summed E-state index contributed by atoms with van der Waals surface area (Å²) in [4.78, 5) is 12.1. The van der Waals surface area contributed by atoms with E-state index in [1.165, 1.54) is 0 Å². The van der Waals surface area contributed by atoms with E-state index in [-0.39, 0.29) is 17.7 Å². The molecule has 0 heterocycles.